The van der Waals surface area contributed by atoms with Crippen LogP contribution in [0.1, 0.15) is 50.6 Å². The summed E-state index contributed by atoms with van der Waals surface area (Å²) in [6, 6.07) is 9.28. The maximum absolute atomic E-state index is 12.7. The first kappa shape index (κ1) is 17.3. The van der Waals surface area contributed by atoms with Gasteiger partial charge in [0, 0.05) is 24.7 Å². The van der Waals surface area contributed by atoms with Crippen molar-refractivity contribution in [1.29, 1.82) is 0 Å². The van der Waals surface area contributed by atoms with Gasteiger partial charge in [-0.15, -0.1) is 0 Å². The van der Waals surface area contributed by atoms with Gasteiger partial charge in [-0.2, -0.15) is 0 Å². The normalized spacial score (nSPS) is 16.9. The molecule has 134 valence electrons. The molecule has 2 amide bonds. The Morgan fingerprint density at radius 2 is 2.16 bits per heavy atom. The summed E-state index contributed by atoms with van der Waals surface area (Å²) in [5.41, 5.74) is 1.61. The highest BCUT2D eigenvalue weighted by molar-refractivity contribution is 5.89. The van der Waals surface area contributed by atoms with E-state index in [0.29, 0.717) is 6.61 Å². The number of benzene rings is 1. The fraction of sp³-hybridized carbons (Fsp3) is 0.474. The van der Waals surface area contributed by atoms with Gasteiger partial charge in [0.2, 0.25) is 0 Å². The largest absolute Gasteiger partial charge is 0.494 e. The first-order chi connectivity index (χ1) is 12.2. The molecule has 1 aliphatic heterocycles. The van der Waals surface area contributed by atoms with E-state index in [1.54, 1.807) is 0 Å². The summed E-state index contributed by atoms with van der Waals surface area (Å²) in [5, 5.41) is 7.13. The molecule has 1 aromatic heterocycles. The van der Waals surface area contributed by atoms with Crippen LogP contribution in [0.3, 0.4) is 0 Å². The van der Waals surface area contributed by atoms with Crippen molar-refractivity contribution in [2.24, 2.45) is 0 Å². The minimum atomic E-state index is -0.105. The number of likely N-dealkylation sites (tertiary alicyclic amines) is 1. The van der Waals surface area contributed by atoms with Crippen molar-refractivity contribution in [2.75, 3.05) is 18.5 Å². The molecule has 1 atom stereocenters. The molecular formula is C19H25N3O3. The Kier molecular flexibility index (Phi) is 5.58. The zero-order chi connectivity index (χ0) is 17.6. The highest BCUT2D eigenvalue weighted by Crippen LogP contribution is 2.32. The molecule has 25 heavy (non-hydrogen) atoms. The predicted octanol–water partition coefficient (Wildman–Crippen LogP) is 4.39. The molecule has 3 rings (SSSR count). The summed E-state index contributed by atoms with van der Waals surface area (Å²) in [4.78, 5) is 14.5. The van der Waals surface area contributed by atoms with Crippen LogP contribution >= 0.6 is 0 Å². The van der Waals surface area contributed by atoms with Crippen LogP contribution in [0.5, 0.6) is 5.75 Å². The lowest BCUT2D eigenvalue weighted by atomic mass is 10.1. The van der Waals surface area contributed by atoms with E-state index in [-0.39, 0.29) is 12.1 Å². The van der Waals surface area contributed by atoms with Crippen molar-refractivity contribution in [1.82, 2.24) is 10.1 Å². The highest BCUT2D eigenvalue weighted by Gasteiger charge is 2.32. The number of amides is 2. The molecule has 0 saturated carbocycles. The monoisotopic (exact) mass is 343 g/mol. The Hall–Kier alpha value is -2.50. The number of carbonyl (C=O) groups excluding carboxylic acids is 1. The molecule has 1 fully saturated rings. The van der Waals surface area contributed by atoms with E-state index < -0.39 is 0 Å². The number of nitrogens with zero attached hydrogens (tertiary/aromatic N) is 2. The van der Waals surface area contributed by atoms with Crippen molar-refractivity contribution in [3.8, 4) is 5.75 Å². The van der Waals surface area contributed by atoms with E-state index in [2.05, 4.69) is 17.4 Å². The van der Waals surface area contributed by atoms with E-state index >= 15 is 0 Å². The topological polar surface area (TPSA) is 67.6 Å². The highest BCUT2D eigenvalue weighted by atomic mass is 16.5. The van der Waals surface area contributed by atoms with Gasteiger partial charge in [0.25, 0.3) is 0 Å². The maximum atomic E-state index is 12.7. The van der Waals surface area contributed by atoms with Crippen molar-refractivity contribution in [2.45, 2.75) is 45.6 Å². The molecule has 2 heterocycles. The second kappa shape index (κ2) is 8.05. The van der Waals surface area contributed by atoms with Crippen molar-refractivity contribution >= 4 is 11.7 Å². The number of ether oxygens (including phenoxy) is 1. The van der Waals surface area contributed by atoms with Crippen molar-refractivity contribution < 1.29 is 14.1 Å². The van der Waals surface area contributed by atoms with Crippen molar-refractivity contribution in [3.63, 3.8) is 0 Å². The van der Waals surface area contributed by atoms with Gasteiger partial charge in [-0.25, -0.2) is 4.79 Å². The van der Waals surface area contributed by atoms with Gasteiger partial charge in [0.1, 0.15) is 17.2 Å². The molecule has 0 spiro atoms. The molecule has 6 heteroatoms. The van der Waals surface area contributed by atoms with Crippen LogP contribution < -0.4 is 10.1 Å². The zero-order valence-electron chi connectivity index (χ0n) is 14.8. The molecule has 0 unspecified atom stereocenters. The summed E-state index contributed by atoms with van der Waals surface area (Å²) in [6.07, 6.45) is 3.77. The first-order valence-corrected chi connectivity index (χ1v) is 8.97. The van der Waals surface area contributed by atoms with E-state index in [1.165, 1.54) is 0 Å². The Bertz CT molecular complexity index is 696. The molecule has 1 N–H and O–H groups in total. The molecule has 2 aromatic rings. The van der Waals surface area contributed by atoms with Crippen molar-refractivity contribution in [3.05, 3.63) is 41.8 Å². The van der Waals surface area contributed by atoms with Gasteiger partial charge < -0.3 is 19.5 Å². The standard InChI is InChI=1S/C19H25N3O3/c1-3-6-16-13-17(21-25-16)18-7-5-12-22(18)19(23)20-14-8-10-15(11-9-14)24-4-2/h8-11,13,18H,3-7,12H2,1-2H3,(H,20,23)/t18-/m1/s1. The lowest BCUT2D eigenvalue weighted by Gasteiger charge is -2.23. The number of aromatic nitrogens is 1. The van der Waals surface area contributed by atoms with Crippen LogP contribution in [-0.2, 0) is 6.42 Å². The number of hydrogen-bond donors (Lipinski definition) is 1. The Morgan fingerprint density at radius 1 is 1.36 bits per heavy atom. The Labute approximate surface area is 148 Å². The smallest absolute Gasteiger partial charge is 0.322 e. The summed E-state index contributed by atoms with van der Waals surface area (Å²) < 4.78 is 10.8. The third kappa shape index (κ3) is 4.13. The van der Waals surface area contributed by atoms with Crippen LogP contribution in [0.25, 0.3) is 0 Å². The first-order valence-electron chi connectivity index (χ1n) is 8.97. The van der Waals surface area contributed by atoms with Gasteiger partial charge in [0.05, 0.1) is 12.6 Å². The van der Waals surface area contributed by atoms with E-state index in [0.717, 1.165) is 55.1 Å². The van der Waals surface area contributed by atoms with E-state index in [1.807, 2.05) is 42.2 Å². The minimum absolute atomic E-state index is 0.0166. The minimum Gasteiger partial charge on any atom is -0.494 e. The van der Waals surface area contributed by atoms with Crippen LogP contribution in [0.4, 0.5) is 10.5 Å². The molecule has 0 aliphatic carbocycles. The number of carbonyl (C=O) groups is 1. The average Bonchev–Trinajstić information content (AvgIpc) is 3.26. The number of aryl methyl sites for hydroxylation is 1. The van der Waals surface area contributed by atoms with E-state index in [9.17, 15) is 4.79 Å². The summed E-state index contributed by atoms with van der Waals surface area (Å²) in [7, 11) is 0. The summed E-state index contributed by atoms with van der Waals surface area (Å²) in [6.45, 7) is 5.40. The van der Waals surface area contributed by atoms with Gasteiger partial charge in [-0.05, 0) is 50.5 Å². The van der Waals surface area contributed by atoms with Gasteiger partial charge in [-0.1, -0.05) is 12.1 Å². The number of nitrogens with one attached hydrogen (secondary N) is 1. The molecule has 1 aromatic carbocycles. The molecule has 0 bridgehead atoms. The van der Waals surface area contributed by atoms with Crippen LogP contribution in [0.2, 0.25) is 0 Å². The third-order valence-electron chi connectivity index (χ3n) is 4.35. The number of rotatable bonds is 6. The van der Waals surface area contributed by atoms with Crippen LogP contribution in [0, 0.1) is 0 Å². The molecule has 0 radical (unpaired) electrons. The fourth-order valence-corrected chi connectivity index (χ4v) is 3.16. The fourth-order valence-electron chi connectivity index (χ4n) is 3.16. The average molecular weight is 343 g/mol. The SMILES string of the molecule is CCCc1cc([C@H]2CCCN2C(=O)Nc2ccc(OCC)cc2)no1. The second-order valence-corrected chi connectivity index (χ2v) is 6.21. The quantitative estimate of drug-likeness (QED) is 0.844. The van der Waals surface area contributed by atoms with Crippen LogP contribution in [0.15, 0.2) is 34.9 Å². The molecule has 1 aliphatic rings. The zero-order valence-corrected chi connectivity index (χ0v) is 14.8. The number of hydrogen-bond acceptors (Lipinski definition) is 4. The predicted molar refractivity (Wildman–Crippen MR) is 95.8 cm³/mol. The lowest BCUT2D eigenvalue weighted by molar-refractivity contribution is 0.204. The third-order valence-corrected chi connectivity index (χ3v) is 4.35. The number of urea groups is 1. The lowest BCUT2D eigenvalue weighted by Crippen LogP contribution is -2.34. The van der Waals surface area contributed by atoms with Gasteiger partial charge in [0.15, 0.2) is 0 Å². The summed E-state index contributed by atoms with van der Waals surface area (Å²) >= 11 is 0. The van der Waals surface area contributed by atoms with Crippen LogP contribution in [-0.4, -0.2) is 29.2 Å². The number of anilines is 1. The Morgan fingerprint density at radius 3 is 2.88 bits per heavy atom. The second-order valence-electron chi connectivity index (χ2n) is 6.21. The molecular weight excluding hydrogens is 318 g/mol. The van der Waals surface area contributed by atoms with Gasteiger partial charge >= 0.3 is 6.03 Å². The van der Waals surface area contributed by atoms with E-state index in [4.69, 9.17) is 9.26 Å². The molecule has 1 saturated heterocycles. The maximum Gasteiger partial charge on any atom is 0.322 e. The summed E-state index contributed by atoms with van der Waals surface area (Å²) in [5.74, 6) is 1.68. The van der Waals surface area contributed by atoms with Gasteiger partial charge in [-0.3, -0.25) is 0 Å². The Balaban J connectivity index is 1.65. The molecule has 6 nitrogen and oxygen atoms in total.